The fourth-order valence-electron chi connectivity index (χ4n) is 2.51. The largest absolute Gasteiger partial charge is 0.357 e. The Balaban J connectivity index is 2.12. The predicted molar refractivity (Wildman–Crippen MR) is 106 cm³/mol. The second-order valence-corrected chi connectivity index (χ2v) is 6.68. The van der Waals surface area contributed by atoms with Crippen LogP contribution in [0, 0.1) is 23.0 Å². The Kier molecular flexibility index (Phi) is 8.08. The highest BCUT2D eigenvalue weighted by molar-refractivity contribution is 7.97. The van der Waals surface area contributed by atoms with Gasteiger partial charge >= 0.3 is 0 Å². The summed E-state index contributed by atoms with van der Waals surface area (Å²) < 4.78 is 27.4. The molecule has 0 saturated heterocycles. The number of rotatable bonds is 7. The molecular weight excluding hydrogens is 366 g/mol. The van der Waals surface area contributed by atoms with Crippen molar-refractivity contribution in [3.8, 4) is 6.07 Å². The van der Waals surface area contributed by atoms with E-state index in [2.05, 4.69) is 15.6 Å². The third kappa shape index (κ3) is 6.26. The van der Waals surface area contributed by atoms with Gasteiger partial charge in [0.15, 0.2) is 5.96 Å². The molecule has 0 unspecified atom stereocenters. The van der Waals surface area contributed by atoms with Crippen molar-refractivity contribution >= 4 is 17.7 Å². The number of halogens is 2. The van der Waals surface area contributed by atoms with E-state index >= 15 is 0 Å². The molecule has 27 heavy (non-hydrogen) atoms. The van der Waals surface area contributed by atoms with Crippen molar-refractivity contribution in [1.82, 2.24) is 10.6 Å². The molecule has 7 heteroatoms. The van der Waals surface area contributed by atoms with Crippen molar-refractivity contribution in [2.24, 2.45) is 4.99 Å². The second-order valence-electron chi connectivity index (χ2n) is 5.81. The Morgan fingerprint density at radius 1 is 1.11 bits per heavy atom. The van der Waals surface area contributed by atoms with Crippen molar-refractivity contribution < 1.29 is 8.78 Å². The summed E-state index contributed by atoms with van der Waals surface area (Å²) in [5.74, 6) is 0.596. The van der Waals surface area contributed by atoms with Gasteiger partial charge in [-0.15, -0.1) is 0 Å². The van der Waals surface area contributed by atoms with E-state index in [1.54, 1.807) is 23.9 Å². The van der Waals surface area contributed by atoms with Crippen LogP contribution < -0.4 is 10.6 Å². The van der Waals surface area contributed by atoms with Gasteiger partial charge in [0.2, 0.25) is 0 Å². The summed E-state index contributed by atoms with van der Waals surface area (Å²) in [6, 6.07) is 10.9. The summed E-state index contributed by atoms with van der Waals surface area (Å²) in [5, 5.41) is 15.3. The van der Waals surface area contributed by atoms with E-state index in [0.29, 0.717) is 35.9 Å². The van der Waals surface area contributed by atoms with Crippen LogP contribution in [-0.2, 0) is 18.8 Å². The Morgan fingerprint density at radius 2 is 1.93 bits per heavy atom. The summed E-state index contributed by atoms with van der Waals surface area (Å²) in [7, 11) is 0. The van der Waals surface area contributed by atoms with Gasteiger partial charge in [-0.05, 0) is 54.6 Å². The number of nitrogens with one attached hydrogen (secondary N) is 2. The summed E-state index contributed by atoms with van der Waals surface area (Å²) >= 11 is 1.63. The minimum absolute atomic E-state index is 0.109. The molecule has 0 saturated carbocycles. The van der Waals surface area contributed by atoms with Crippen molar-refractivity contribution in [3.05, 3.63) is 70.3 Å². The molecular formula is C20H22F2N4S. The molecule has 0 aliphatic rings. The van der Waals surface area contributed by atoms with Gasteiger partial charge in [-0.2, -0.15) is 17.0 Å². The Morgan fingerprint density at radius 3 is 2.63 bits per heavy atom. The molecule has 4 nitrogen and oxygen atoms in total. The molecule has 0 radical (unpaired) electrons. The molecule has 0 aliphatic carbocycles. The predicted octanol–water partition coefficient (Wildman–Crippen LogP) is 3.95. The van der Waals surface area contributed by atoms with Crippen LogP contribution in [-0.4, -0.2) is 18.8 Å². The smallest absolute Gasteiger partial charge is 0.191 e. The normalized spacial score (nSPS) is 11.1. The first-order valence-corrected chi connectivity index (χ1v) is 9.93. The molecule has 0 heterocycles. The van der Waals surface area contributed by atoms with Crippen LogP contribution in [0.4, 0.5) is 8.78 Å². The number of aliphatic imine (C=N–C) groups is 1. The van der Waals surface area contributed by atoms with Crippen LogP contribution >= 0.6 is 11.8 Å². The summed E-state index contributed by atoms with van der Waals surface area (Å²) in [6.45, 7) is 3.17. The van der Waals surface area contributed by atoms with E-state index in [1.165, 1.54) is 24.3 Å². The van der Waals surface area contributed by atoms with E-state index in [-0.39, 0.29) is 12.4 Å². The summed E-state index contributed by atoms with van der Waals surface area (Å²) in [6.07, 6.45) is 1.97. The summed E-state index contributed by atoms with van der Waals surface area (Å²) in [4.78, 5) is 4.39. The lowest BCUT2D eigenvalue weighted by molar-refractivity contribution is 0.610. The van der Waals surface area contributed by atoms with Crippen LogP contribution in [0.5, 0.6) is 0 Å². The maximum atomic E-state index is 13.9. The molecule has 0 spiro atoms. The zero-order valence-electron chi connectivity index (χ0n) is 15.4. The minimum atomic E-state index is -0.394. The average molecular weight is 388 g/mol. The van der Waals surface area contributed by atoms with Crippen LogP contribution in [0.25, 0.3) is 0 Å². The lowest BCUT2D eigenvalue weighted by Gasteiger charge is -2.14. The second kappa shape index (κ2) is 10.5. The number of guanidine groups is 1. The lowest BCUT2D eigenvalue weighted by Crippen LogP contribution is -2.37. The minimum Gasteiger partial charge on any atom is -0.357 e. The molecule has 2 aromatic rings. The summed E-state index contributed by atoms with van der Waals surface area (Å²) in [5.41, 5.74) is 2.66. The van der Waals surface area contributed by atoms with Crippen molar-refractivity contribution in [2.45, 2.75) is 25.8 Å². The molecule has 142 valence electrons. The first-order chi connectivity index (χ1) is 13.1. The Bertz CT molecular complexity index is 846. The first-order valence-electron chi connectivity index (χ1n) is 8.54. The zero-order chi connectivity index (χ0) is 19.6. The molecule has 2 rings (SSSR count). The third-order valence-corrected chi connectivity index (χ3v) is 4.44. The number of benzene rings is 2. The molecule has 0 bridgehead atoms. The lowest BCUT2D eigenvalue weighted by atomic mass is 10.1. The third-order valence-electron chi connectivity index (χ3n) is 3.84. The van der Waals surface area contributed by atoms with Crippen LogP contribution in [0.1, 0.15) is 29.2 Å². The average Bonchev–Trinajstić information content (AvgIpc) is 2.66. The number of thioether (sulfide) groups is 1. The Hall–Kier alpha value is -2.59. The standard InChI is InChI=1S/C20H22F2N4S/c1-3-24-20(26-12-16-8-14(10-23)4-7-19(16)22)25-11-15-5-6-18(21)9-17(15)13-27-2/h4-9H,3,11-13H2,1-2H3,(H2,24,25,26). The molecule has 0 atom stereocenters. The highest BCUT2D eigenvalue weighted by Gasteiger charge is 2.07. The van der Waals surface area contributed by atoms with Gasteiger partial charge in [-0.1, -0.05) is 6.07 Å². The van der Waals surface area contributed by atoms with Gasteiger partial charge in [-0.3, -0.25) is 0 Å². The van der Waals surface area contributed by atoms with Gasteiger partial charge in [0, 0.05) is 24.4 Å². The fraction of sp³-hybridized carbons (Fsp3) is 0.300. The first kappa shape index (κ1) is 20.7. The van der Waals surface area contributed by atoms with E-state index in [1.807, 2.05) is 19.2 Å². The fourth-order valence-corrected chi connectivity index (χ4v) is 3.09. The van der Waals surface area contributed by atoms with Crippen molar-refractivity contribution in [1.29, 1.82) is 5.26 Å². The molecule has 0 aliphatic heterocycles. The molecule has 0 amide bonds. The van der Waals surface area contributed by atoms with E-state index in [9.17, 15) is 8.78 Å². The van der Waals surface area contributed by atoms with Gasteiger partial charge in [0.05, 0.1) is 18.2 Å². The van der Waals surface area contributed by atoms with Crippen molar-refractivity contribution in [2.75, 3.05) is 12.8 Å². The van der Waals surface area contributed by atoms with E-state index in [4.69, 9.17) is 5.26 Å². The monoisotopic (exact) mass is 388 g/mol. The zero-order valence-corrected chi connectivity index (χ0v) is 16.2. The van der Waals surface area contributed by atoms with Gasteiger partial charge in [0.25, 0.3) is 0 Å². The van der Waals surface area contributed by atoms with Gasteiger partial charge in [-0.25, -0.2) is 13.8 Å². The molecule has 0 aromatic heterocycles. The van der Waals surface area contributed by atoms with Gasteiger partial charge in [0.1, 0.15) is 11.6 Å². The quantitative estimate of drug-likeness (QED) is 0.557. The number of nitrogens with zero attached hydrogens (tertiary/aromatic N) is 2. The van der Waals surface area contributed by atoms with Crippen LogP contribution in [0.2, 0.25) is 0 Å². The van der Waals surface area contributed by atoms with E-state index < -0.39 is 5.82 Å². The van der Waals surface area contributed by atoms with Gasteiger partial charge < -0.3 is 10.6 Å². The molecule has 0 fully saturated rings. The maximum Gasteiger partial charge on any atom is 0.191 e. The highest BCUT2D eigenvalue weighted by Crippen LogP contribution is 2.17. The topological polar surface area (TPSA) is 60.2 Å². The highest BCUT2D eigenvalue weighted by atomic mass is 32.2. The molecule has 2 N–H and O–H groups in total. The maximum absolute atomic E-state index is 13.9. The number of hydrogen-bond acceptors (Lipinski definition) is 3. The SMILES string of the molecule is CCNC(=NCc1cc(C#N)ccc1F)NCc1ccc(F)cc1CSC. The number of hydrogen-bond donors (Lipinski definition) is 2. The van der Waals surface area contributed by atoms with Crippen LogP contribution in [0.15, 0.2) is 41.4 Å². The number of nitriles is 1. The Labute approximate surface area is 162 Å². The molecule has 2 aromatic carbocycles. The van der Waals surface area contributed by atoms with E-state index in [0.717, 1.165) is 11.1 Å². The van der Waals surface area contributed by atoms with Crippen molar-refractivity contribution in [3.63, 3.8) is 0 Å². The van der Waals surface area contributed by atoms with Crippen LogP contribution in [0.3, 0.4) is 0 Å².